The Bertz CT molecular complexity index is 2400. The summed E-state index contributed by atoms with van der Waals surface area (Å²) in [6.07, 6.45) is -12.6. The van der Waals surface area contributed by atoms with Gasteiger partial charge in [0.25, 0.3) is 5.91 Å². The fourth-order valence-corrected chi connectivity index (χ4v) is 6.49. The van der Waals surface area contributed by atoms with Gasteiger partial charge in [-0.05, 0) is 62.9 Å². The number of carbonyl (C=O) groups excluding carboxylic acids is 4. The Morgan fingerprint density at radius 2 is 1.12 bits per heavy atom. The molecule has 0 spiro atoms. The number of hydrogen-bond acceptors (Lipinski definition) is 10. The molecule has 4 aromatic rings. The van der Waals surface area contributed by atoms with Crippen LogP contribution in [0.25, 0.3) is 22.3 Å². The molecular weight excluding hydrogens is 958 g/mol. The van der Waals surface area contributed by atoms with E-state index in [4.69, 9.17) is 0 Å². The molecule has 4 unspecified atom stereocenters. The summed E-state index contributed by atoms with van der Waals surface area (Å²) in [5.41, 5.74) is -5.08. The average molecular weight is 1000 g/mol. The maximum absolute atomic E-state index is 15.9. The van der Waals surface area contributed by atoms with Gasteiger partial charge in [-0.3, -0.25) is 15.0 Å². The van der Waals surface area contributed by atoms with E-state index in [0.29, 0.717) is 55.1 Å². The van der Waals surface area contributed by atoms with Crippen molar-refractivity contribution in [1.82, 2.24) is 45.9 Å². The van der Waals surface area contributed by atoms with E-state index in [1.165, 1.54) is 24.3 Å². The van der Waals surface area contributed by atoms with Crippen molar-refractivity contribution in [1.29, 1.82) is 0 Å². The first kappa shape index (κ1) is 55.0. The Balaban J connectivity index is 1.83. The van der Waals surface area contributed by atoms with Crippen LogP contribution in [-0.2, 0) is 32.0 Å². The van der Waals surface area contributed by atoms with Crippen molar-refractivity contribution >= 4 is 24.0 Å². The van der Waals surface area contributed by atoms with Gasteiger partial charge in [0.1, 0.15) is 23.7 Å². The molecule has 0 aliphatic rings. The van der Waals surface area contributed by atoms with Crippen LogP contribution < -0.4 is 21.4 Å². The number of alkyl carbamates (subject to hydrolysis) is 2. The normalized spacial score (nSPS) is 14.3. The molecule has 4 atom stereocenters. The first-order chi connectivity index (χ1) is 31.9. The van der Waals surface area contributed by atoms with Gasteiger partial charge < -0.3 is 30.5 Å². The van der Waals surface area contributed by atoms with Crippen LogP contribution in [0.3, 0.4) is 0 Å². The third-order valence-corrected chi connectivity index (χ3v) is 11.0. The van der Waals surface area contributed by atoms with Gasteiger partial charge in [-0.25, -0.2) is 32.7 Å². The Morgan fingerprint density at radius 1 is 0.681 bits per heavy atom. The molecule has 69 heavy (non-hydrogen) atoms. The van der Waals surface area contributed by atoms with Gasteiger partial charge in [0.05, 0.1) is 49.6 Å². The van der Waals surface area contributed by atoms with E-state index in [1.807, 2.05) is 5.43 Å². The van der Waals surface area contributed by atoms with Crippen LogP contribution in [0.2, 0.25) is 0 Å². The molecular formula is C41H45F12N9O7. The van der Waals surface area contributed by atoms with Crippen LogP contribution in [0.15, 0.2) is 61.2 Å². The molecule has 0 aliphatic carbocycles. The fourth-order valence-electron chi connectivity index (χ4n) is 6.49. The second-order valence-electron chi connectivity index (χ2n) is 16.4. The molecule has 2 aromatic heterocycles. The zero-order chi connectivity index (χ0) is 52.0. The number of aliphatic hydroxyl groups is 1. The van der Waals surface area contributed by atoms with Crippen LogP contribution in [0.1, 0.15) is 51.9 Å². The van der Waals surface area contributed by atoms with Crippen LogP contribution in [-0.4, -0.2) is 111 Å². The minimum Gasteiger partial charge on any atom is -0.453 e. The first-order valence-corrected chi connectivity index (χ1v) is 20.0. The van der Waals surface area contributed by atoms with Crippen LogP contribution >= 0.6 is 0 Å². The topological polar surface area (TPSA) is 194 Å². The molecule has 5 N–H and O–H groups in total. The minimum atomic E-state index is -5.25. The maximum Gasteiger partial charge on any atom is 0.407 e. The predicted octanol–water partition coefficient (Wildman–Crippen LogP) is 7.03. The molecule has 380 valence electrons. The summed E-state index contributed by atoms with van der Waals surface area (Å²) in [5, 5.41) is 25.0. The number of halogens is 12. The summed E-state index contributed by atoms with van der Waals surface area (Å²) in [4.78, 5) is 52.2. The van der Waals surface area contributed by atoms with E-state index in [9.17, 15) is 68.2 Å². The smallest absolute Gasteiger partial charge is 0.407 e. The first-order valence-electron chi connectivity index (χ1n) is 20.0. The Hall–Kier alpha value is -6.58. The van der Waals surface area contributed by atoms with Gasteiger partial charge >= 0.3 is 37.6 Å². The molecule has 0 bridgehead atoms. The van der Waals surface area contributed by atoms with Crippen LogP contribution in [0.5, 0.6) is 0 Å². The third-order valence-electron chi connectivity index (χ3n) is 11.0. The summed E-state index contributed by atoms with van der Waals surface area (Å²) in [6.45, 7) is -6.38. The van der Waals surface area contributed by atoms with Crippen LogP contribution in [0.4, 0.5) is 62.3 Å². The number of alkyl halides is 10. The number of hydrogen-bond donors (Lipinski definition) is 5. The summed E-state index contributed by atoms with van der Waals surface area (Å²) < 4.78 is 180. The number of aromatic nitrogens is 4. The second kappa shape index (κ2) is 21.8. The molecule has 0 saturated carbocycles. The molecule has 2 aromatic carbocycles. The number of nitrogens with one attached hydrogen (secondary N) is 4. The molecule has 0 radical (unpaired) electrons. The average Bonchev–Trinajstić information content (AvgIpc) is 3.97. The van der Waals surface area contributed by atoms with Gasteiger partial charge in [-0.1, -0.05) is 24.3 Å². The Morgan fingerprint density at radius 3 is 1.52 bits per heavy atom. The summed E-state index contributed by atoms with van der Waals surface area (Å²) in [7, 11) is 1.54. The van der Waals surface area contributed by atoms with Gasteiger partial charge in [0, 0.05) is 42.2 Å². The van der Waals surface area contributed by atoms with Gasteiger partial charge in [-0.2, -0.15) is 54.1 Å². The van der Waals surface area contributed by atoms with Crippen LogP contribution in [0, 0.1) is 22.5 Å². The number of nitrogens with zero attached hydrogens (tertiary/aromatic N) is 5. The second-order valence-corrected chi connectivity index (χ2v) is 16.4. The zero-order valence-electron chi connectivity index (χ0n) is 37.0. The molecule has 16 nitrogen and oxygen atoms in total. The maximum atomic E-state index is 15.9. The predicted molar refractivity (Wildman–Crippen MR) is 216 cm³/mol. The van der Waals surface area contributed by atoms with E-state index < -0.39 is 121 Å². The van der Waals surface area contributed by atoms with Crippen molar-refractivity contribution in [3.63, 3.8) is 0 Å². The number of aliphatic hydroxyl groups excluding tert-OH is 1. The molecule has 2 heterocycles. The van der Waals surface area contributed by atoms with E-state index in [-0.39, 0.29) is 26.9 Å². The van der Waals surface area contributed by atoms with E-state index >= 15 is 8.78 Å². The van der Waals surface area contributed by atoms with Crippen molar-refractivity contribution in [2.75, 3.05) is 20.8 Å². The minimum absolute atomic E-state index is 0.157. The monoisotopic (exact) mass is 1000 g/mol. The summed E-state index contributed by atoms with van der Waals surface area (Å²) >= 11 is 0. The zero-order valence-corrected chi connectivity index (χ0v) is 37.0. The highest BCUT2D eigenvalue weighted by molar-refractivity contribution is 5.87. The number of ether oxygens (including phenoxy) is 2. The number of rotatable bonds is 19. The largest absolute Gasteiger partial charge is 0.453 e. The van der Waals surface area contributed by atoms with E-state index in [1.54, 1.807) is 10.6 Å². The highest BCUT2D eigenvalue weighted by Gasteiger charge is 2.57. The highest BCUT2D eigenvalue weighted by atomic mass is 19.4. The van der Waals surface area contributed by atoms with Crippen molar-refractivity contribution in [3.05, 3.63) is 83.9 Å². The molecule has 28 heteroatoms. The summed E-state index contributed by atoms with van der Waals surface area (Å²) in [6, 6.07) is -0.214. The quantitative estimate of drug-likeness (QED) is 0.0481. The molecule has 0 fully saturated rings. The van der Waals surface area contributed by atoms with Crippen molar-refractivity contribution in [2.24, 2.45) is 10.8 Å². The Labute approximate surface area is 384 Å². The van der Waals surface area contributed by atoms with Gasteiger partial charge in [-0.15, -0.1) is 0 Å². The van der Waals surface area contributed by atoms with Crippen molar-refractivity contribution < 1.29 is 86.4 Å². The standard InChI is InChI=1S/C41H45F12N9O7/c1-38(2,40(48,49)50)30(57-36(66)68-5)32(64)56-28(11-20-7-9-21(10-8-20)23-14-54-61(16-23)34(44)45)29(63)19-60(59-33(65)31(58-37(67)69-6)39(3,4)41(51,52)53)18-25-26(42)12-22(13-27(25)43)24-15-55-62(17-24)35(46)47/h7-10,12-17,28-31,34-35,63H,11,18-19H2,1-6H3,(H,56,64)(H,57,66)(H,58,67)(H,59,65). The van der Waals surface area contributed by atoms with Gasteiger partial charge in [0.15, 0.2) is 0 Å². The molecule has 0 saturated heterocycles. The molecule has 4 amide bonds. The van der Waals surface area contributed by atoms with Crippen molar-refractivity contribution in [2.45, 2.75) is 90.3 Å². The Kier molecular flexibility index (Phi) is 17.4. The SMILES string of the molecule is COC(=O)NC(C(=O)NC(Cc1ccc(-c2cnn(C(F)F)c2)cc1)C(O)CN(Cc1c(F)cc(-c2cnn(C(F)F)c2)cc1F)NC(=O)C(NC(=O)OC)C(C)(C)C(F)(F)F)C(C)(C)C(F)(F)F. The fraction of sp³-hybridized carbons (Fsp3) is 0.463. The molecule has 0 aliphatic heterocycles. The van der Waals surface area contributed by atoms with Gasteiger partial charge in [0.2, 0.25) is 5.91 Å². The van der Waals surface area contributed by atoms with Crippen molar-refractivity contribution in [3.8, 4) is 22.3 Å². The van der Waals surface area contributed by atoms with E-state index in [0.717, 1.165) is 39.0 Å². The lowest BCUT2D eigenvalue weighted by Crippen LogP contribution is -2.63. The number of amides is 4. The highest BCUT2D eigenvalue weighted by Crippen LogP contribution is 2.42. The third kappa shape index (κ3) is 13.4. The number of hydrazine groups is 1. The lowest BCUT2D eigenvalue weighted by atomic mass is 9.82. The number of carbonyl (C=O) groups is 4. The number of benzene rings is 2. The lowest BCUT2D eigenvalue weighted by Gasteiger charge is -2.38. The number of methoxy groups -OCH3 is 2. The van der Waals surface area contributed by atoms with E-state index in [2.05, 4.69) is 25.0 Å². The lowest BCUT2D eigenvalue weighted by molar-refractivity contribution is -0.221. The molecule has 4 rings (SSSR count). The summed E-state index contributed by atoms with van der Waals surface area (Å²) in [5.74, 6) is -6.22.